The third-order valence-corrected chi connectivity index (χ3v) is 7.37. The average Bonchev–Trinajstić information content (AvgIpc) is 3.24. The van der Waals surface area contributed by atoms with Crippen LogP contribution in [0.25, 0.3) is 0 Å². The predicted molar refractivity (Wildman–Crippen MR) is 133 cm³/mol. The van der Waals surface area contributed by atoms with Crippen molar-refractivity contribution >= 4 is 11.9 Å². The molecule has 1 aliphatic heterocycles. The molecule has 3 rings (SSSR count). The zero-order valence-corrected chi connectivity index (χ0v) is 21.7. The second-order valence-corrected chi connectivity index (χ2v) is 11.7. The summed E-state index contributed by atoms with van der Waals surface area (Å²) in [5, 5.41) is 0. The van der Waals surface area contributed by atoms with Crippen molar-refractivity contribution < 1.29 is 23.8 Å². The monoisotopic (exact) mass is 470 g/mol. The zero-order valence-electron chi connectivity index (χ0n) is 21.7. The van der Waals surface area contributed by atoms with Crippen LogP contribution in [-0.2, 0) is 29.2 Å². The number of carbonyl (C=O) groups excluding carboxylic acids is 2. The van der Waals surface area contributed by atoms with Gasteiger partial charge in [-0.05, 0) is 69.4 Å². The molecule has 1 aliphatic carbocycles. The van der Waals surface area contributed by atoms with Crippen LogP contribution >= 0.6 is 0 Å². The Morgan fingerprint density at radius 2 is 1.74 bits per heavy atom. The van der Waals surface area contributed by atoms with E-state index in [9.17, 15) is 9.59 Å². The Bertz CT molecular complexity index is 851. The molecule has 1 aromatic carbocycles. The summed E-state index contributed by atoms with van der Waals surface area (Å²) in [6.07, 6.45) is 7.60. The summed E-state index contributed by atoms with van der Waals surface area (Å²) in [5.41, 5.74) is 0.678. The normalized spacial score (nSPS) is 28.1. The van der Waals surface area contributed by atoms with Crippen molar-refractivity contribution in [3.05, 3.63) is 48.0 Å². The van der Waals surface area contributed by atoms with Crippen molar-refractivity contribution in [1.82, 2.24) is 0 Å². The van der Waals surface area contributed by atoms with Gasteiger partial charge < -0.3 is 14.2 Å². The van der Waals surface area contributed by atoms with E-state index in [1.807, 2.05) is 26.8 Å². The third kappa shape index (κ3) is 6.94. The van der Waals surface area contributed by atoms with Crippen LogP contribution in [-0.4, -0.2) is 36.9 Å². The van der Waals surface area contributed by atoms with E-state index >= 15 is 0 Å². The molecule has 2 aliphatic rings. The van der Waals surface area contributed by atoms with E-state index in [-0.39, 0.29) is 48.2 Å². The van der Waals surface area contributed by atoms with Gasteiger partial charge in [-0.15, -0.1) is 0 Å². The van der Waals surface area contributed by atoms with E-state index in [2.05, 4.69) is 45.0 Å². The lowest BCUT2D eigenvalue weighted by molar-refractivity contribution is -0.156. The number of ether oxygens (including phenoxy) is 3. The molecule has 0 unspecified atom stereocenters. The van der Waals surface area contributed by atoms with E-state index in [0.29, 0.717) is 5.92 Å². The van der Waals surface area contributed by atoms with Crippen molar-refractivity contribution in [3.8, 4) is 0 Å². The van der Waals surface area contributed by atoms with Crippen LogP contribution in [0.2, 0.25) is 0 Å². The topological polar surface area (TPSA) is 61.8 Å². The molecular formula is C29H42O5. The van der Waals surface area contributed by atoms with E-state index in [1.54, 1.807) is 6.08 Å². The first-order valence-electron chi connectivity index (χ1n) is 12.7. The van der Waals surface area contributed by atoms with Gasteiger partial charge in [0.25, 0.3) is 0 Å². The van der Waals surface area contributed by atoms with E-state index in [1.165, 1.54) is 11.6 Å². The fourth-order valence-electron chi connectivity index (χ4n) is 5.12. The van der Waals surface area contributed by atoms with Crippen molar-refractivity contribution in [1.29, 1.82) is 0 Å². The second kappa shape index (κ2) is 11.1. The molecule has 5 heteroatoms. The first-order valence-corrected chi connectivity index (χ1v) is 12.7. The van der Waals surface area contributed by atoms with Gasteiger partial charge in [0, 0.05) is 12.0 Å². The highest BCUT2D eigenvalue weighted by Gasteiger charge is 2.41. The Morgan fingerprint density at radius 3 is 2.41 bits per heavy atom. The van der Waals surface area contributed by atoms with Gasteiger partial charge in [-0.3, -0.25) is 4.79 Å². The lowest BCUT2D eigenvalue weighted by Crippen LogP contribution is -2.43. The summed E-state index contributed by atoms with van der Waals surface area (Å²) in [5.74, 6) is 0.278. The molecule has 0 N–H and O–H groups in total. The van der Waals surface area contributed by atoms with Crippen molar-refractivity contribution in [2.75, 3.05) is 6.61 Å². The highest BCUT2D eigenvalue weighted by Crippen LogP contribution is 2.43. The zero-order chi connectivity index (χ0) is 24.9. The molecule has 0 spiro atoms. The van der Waals surface area contributed by atoms with E-state index < -0.39 is 5.41 Å². The van der Waals surface area contributed by atoms with Gasteiger partial charge in [0.2, 0.25) is 0 Å². The van der Waals surface area contributed by atoms with Crippen LogP contribution in [0, 0.1) is 17.3 Å². The molecule has 5 nitrogen and oxygen atoms in total. The molecule has 0 amide bonds. The molecule has 0 bridgehead atoms. The first kappa shape index (κ1) is 26.5. The van der Waals surface area contributed by atoms with Gasteiger partial charge in [-0.2, -0.15) is 0 Å². The van der Waals surface area contributed by atoms with Gasteiger partial charge in [0.15, 0.2) is 0 Å². The average molecular weight is 471 g/mol. The summed E-state index contributed by atoms with van der Waals surface area (Å²) in [6.45, 7) is 12.5. The standard InChI is InChI=1S/C29H42O5/c1-20-12-16-24(29(5,6)21-10-8-7-9-11-21)25(18-20)34-26(30)17-15-22-13-14-23(33-22)19-32-27(31)28(2,3)4/h7-11,15,17,20,22-25H,12-14,16,18-19H2,1-6H3/b17-15+/t20-,22-,23-,24-,25-/m1/s1. The predicted octanol–water partition coefficient (Wildman–Crippen LogP) is 6.01. The Kier molecular flexibility index (Phi) is 8.62. The fraction of sp³-hybridized carbons (Fsp3) is 0.655. The van der Waals surface area contributed by atoms with Crippen LogP contribution < -0.4 is 0 Å². The molecule has 2 fully saturated rings. The van der Waals surface area contributed by atoms with Crippen LogP contribution in [0.3, 0.4) is 0 Å². The summed E-state index contributed by atoms with van der Waals surface area (Å²) in [6, 6.07) is 10.5. The van der Waals surface area contributed by atoms with Crippen molar-refractivity contribution in [2.24, 2.45) is 17.3 Å². The first-order chi connectivity index (χ1) is 16.0. The van der Waals surface area contributed by atoms with Gasteiger partial charge >= 0.3 is 11.9 Å². The minimum Gasteiger partial charge on any atom is -0.463 e. The third-order valence-electron chi connectivity index (χ3n) is 7.37. The maximum atomic E-state index is 12.8. The van der Waals surface area contributed by atoms with Crippen LogP contribution in [0.15, 0.2) is 42.5 Å². The Labute approximate surface area is 205 Å². The van der Waals surface area contributed by atoms with Gasteiger partial charge in [0.1, 0.15) is 12.7 Å². The Morgan fingerprint density at radius 1 is 1.03 bits per heavy atom. The Hall–Kier alpha value is -2.14. The van der Waals surface area contributed by atoms with Crippen molar-refractivity contribution in [3.63, 3.8) is 0 Å². The fourth-order valence-corrected chi connectivity index (χ4v) is 5.12. The lowest BCUT2D eigenvalue weighted by Gasteiger charge is -2.43. The molecule has 34 heavy (non-hydrogen) atoms. The van der Waals surface area contributed by atoms with Crippen LogP contribution in [0.5, 0.6) is 0 Å². The molecule has 1 heterocycles. The molecule has 1 saturated heterocycles. The lowest BCUT2D eigenvalue weighted by atomic mass is 9.64. The maximum absolute atomic E-state index is 12.8. The van der Waals surface area contributed by atoms with Crippen molar-refractivity contribution in [2.45, 2.75) is 97.4 Å². The van der Waals surface area contributed by atoms with Crippen LogP contribution in [0.1, 0.15) is 79.2 Å². The number of esters is 2. The number of carbonyl (C=O) groups is 2. The second-order valence-electron chi connectivity index (χ2n) is 11.7. The number of hydrogen-bond donors (Lipinski definition) is 0. The largest absolute Gasteiger partial charge is 0.463 e. The highest BCUT2D eigenvalue weighted by atomic mass is 16.6. The summed E-state index contributed by atoms with van der Waals surface area (Å²) >= 11 is 0. The Balaban J connectivity index is 1.55. The van der Waals surface area contributed by atoms with Gasteiger partial charge in [-0.1, -0.05) is 57.5 Å². The smallest absolute Gasteiger partial charge is 0.330 e. The minimum atomic E-state index is -0.523. The molecule has 0 aromatic heterocycles. The molecular weight excluding hydrogens is 428 g/mol. The van der Waals surface area contributed by atoms with Gasteiger partial charge in [-0.25, -0.2) is 4.79 Å². The maximum Gasteiger partial charge on any atom is 0.330 e. The molecule has 1 aromatic rings. The number of rotatable bonds is 7. The molecule has 5 atom stereocenters. The SMILES string of the molecule is C[C@@H]1CC[C@@H](C(C)(C)c2ccccc2)[C@H](OC(=O)/C=C/[C@H]2CC[C@H](COC(=O)C(C)(C)C)O2)C1. The summed E-state index contributed by atoms with van der Waals surface area (Å²) in [4.78, 5) is 24.7. The number of benzene rings is 1. The molecule has 0 radical (unpaired) electrons. The minimum absolute atomic E-state index is 0.0810. The number of hydrogen-bond acceptors (Lipinski definition) is 5. The summed E-state index contributed by atoms with van der Waals surface area (Å²) < 4.78 is 17.4. The summed E-state index contributed by atoms with van der Waals surface area (Å²) in [7, 11) is 0. The molecule has 188 valence electrons. The van der Waals surface area contributed by atoms with Crippen LogP contribution in [0.4, 0.5) is 0 Å². The quantitative estimate of drug-likeness (QED) is 0.361. The van der Waals surface area contributed by atoms with Gasteiger partial charge in [0.05, 0.1) is 17.6 Å². The van der Waals surface area contributed by atoms with E-state index in [0.717, 1.165) is 32.1 Å². The highest BCUT2D eigenvalue weighted by molar-refractivity contribution is 5.82. The van der Waals surface area contributed by atoms with E-state index in [4.69, 9.17) is 14.2 Å². The molecule has 1 saturated carbocycles.